The van der Waals surface area contributed by atoms with Crippen LogP contribution < -0.4 is 0 Å². The first kappa shape index (κ1) is 24.3. The van der Waals surface area contributed by atoms with Gasteiger partial charge >= 0.3 is 5.97 Å². The Labute approximate surface area is 144 Å². The average molecular weight is 326 g/mol. The van der Waals surface area contributed by atoms with Gasteiger partial charge in [0.2, 0.25) is 0 Å². The highest BCUT2D eigenvalue weighted by Crippen LogP contribution is 2.20. The van der Waals surface area contributed by atoms with E-state index in [2.05, 4.69) is 7.85 Å². The smallest absolute Gasteiger partial charge is 0.302 e. The van der Waals surface area contributed by atoms with Crippen LogP contribution in [0.2, 0.25) is 6.82 Å². The molecule has 2 aliphatic rings. The van der Waals surface area contributed by atoms with E-state index >= 15 is 0 Å². The van der Waals surface area contributed by atoms with E-state index in [0.717, 1.165) is 25.7 Å². The molecule has 2 aliphatic carbocycles. The number of rotatable bonds is 3. The van der Waals surface area contributed by atoms with Crippen LogP contribution in [0.5, 0.6) is 0 Å². The van der Waals surface area contributed by atoms with Crippen LogP contribution in [0.3, 0.4) is 0 Å². The van der Waals surface area contributed by atoms with Crippen LogP contribution in [0.1, 0.15) is 85.0 Å². The quantitative estimate of drug-likeness (QED) is 0.432. The molecule has 0 amide bonds. The average Bonchev–Trinajstić information content (AvgIpc) is 2.61. The Kier molecular flexibility index (Phi) is 20.1. The number of hydrogen-bond acceptors (Lipinski definition) is 4. The van der Waals surface area contributed by atoms with E-state index in [1.54, 1.807) is 0 Å². The lowest BCUT2D eigenvalue weighted by Crippen LogP contribution is -2.18. The van der Waals surface area contributed by atoms with Gasteiger partial charge in [-0.1, -0.05) is 33.5 Å². The summed E-state index contributed by atoms with van der Waals surface area (Å²) in [5, 5.41) is 0. The molecule has 4 nitrogen and oxygen atoms in total. The number of carbonyl (C=O) groups is 2. The summed E-state index contributed by atoms with van der Waals surface area (Å²) in [6.07, 6.45) is 12.2. The van der Waals surface area contributed by atoms with E-state index in [9.17, 15) is 9.59 Å². The summed E-state index contributed by atoms with van der Waals surface area (Å²) in [5.41, 5.74) is 0. The molecule has 0 atom stereocenters. The molecule has 23 heavy (non-hydrogen) atoms. The van der Waals surface area contributed by atoms with E-state index in [0.29, 0.717) is 6.47 Å². The first-order valence-electron chi connectivity index (χ1n) is 9.06. The Hall–Kier alpha value is -0.995. The summed E-state index contributed by atoms with van der Waals surface area (Å²) in [6, 6.07) is 0. The molecule has 2 saturated carbocycles. The van der Waals surface area contributed by atoms with Gasteiger partial charge in [-0.15, -0.1) is 0 Å². The van der Waals surface area contributed by atoms with Crippen LogP contribution in [0.25, 0.3) is 0 Å². The largest absolute Gasteiger partial charge is 0.465 e. The van der Waals surface area contributed by atoms with Crippen molar-refractivity contribution in [3.8, 4) is 0 Å². The first-order chi connectivity index (χ1) is 11.2. The van der Waals surface area contributed by atoms with Crippen LogP contribution in [0.4, 0.5) is 0 Å². The highest BCUT2D eigenvalue weighted by molar-refractivity contribution is 6.05. The van der Waals surface area contributed by atoms with Gasteiger partial charge in [0.1, 0.15) is 12.2 Å². The van der Waals surface area contributed by atoms with Gasteiger partial charge in [-0.05, 0) is 51.4 Å². The van der Waals surface area contributed by atoms with E-state index in [-0.39, 0.29) is 18.2 Å². The van der Waals surface area contributed by atoms with Crippen molar-refractivity contribution >= 4 is 20.3 Å². The van der Waals surface area contributed by atoms with Crippen molar-refractivity contribution in [1.29, 1.82) is 0 Å². The van der Waals surface area contributed by atoms with Crippen LogP contribution in [0, 0.1) is 0 Å². The minimum absolute atomic E-state index is 0.132. The van der Waals surface area contributed by atoms with Gasteiger partial charge in [-0.2, -0.15) is 0 Å². The molecular weight excluding hydrogens is 291 g/mol. The first-order valence-corrected chi connectivity index (χ1v) is 9.06. The summed E-state index contributed by atoms with van der Waals surface area (Å²) in [4.78, 5) is 20.3. The van der Waals surface area contributed by atoms with E-state index in [4.69, 9.17) is 9.47 Å². The van der Waals surface area contributed by atoms with Crippen molar-refractivity contribution in [2.45, 2.75) is 104 Å². The van der Waals surface area contributed by atoms with Gasteiger partial charge in [-0.25, -0.2) is 0 Å². The summed E-state index contributed by atoms with van der Waals surface area (Å²) in [5.74, 6) is -0.132. The van der Waals surface area contributed by atoms with Gasteiger partial charge in [-0.3, -0.25) is 9.59 Å². The molecule has 0 heterocycles. The molecule has 0 aliphatic heterocycles. The van der Waals surface area contributed by atoms with E-state index in [1.807, 2.05) is 13.8 Å². The molecule has 0 saturated heterocycles. The third kappa shape index (κ3) is 15.7. The molecule has 0 aromatic rings. The second-order valence-electron chi connectivity index (χ2n) is 5.36. The SMILES string of the molecule is CC.CC(=O)OC1CCCCC1.O=COC1CCCCC1.[B]C. The van der Waals surface area contributed by atoms with Gasteiger partial charge in [0, 0.05) is 6.92 Å². The molecule has 2 radical (unpaired) electrons. The van der Waals surface area contributed by atoms with Gasteiger partial charge < -0.3 is 9.47 Å². The molecule has 2 fully saturated rings. The second kappa shape index (κ2) is 19.1. The standard InChI is InChI=1S/C8H14O2.C7H12O2.C2H6.CH3B/c1-7(9)10-8-5-3-2-4-6-8;8-6-9-7-4-2-1-3-5-7;2*1-2/h8H,2-6H2,1H3;6-7H,1-5H2;1-2H3;1H3. The predicted octanol–water partition coefficient (Wildman–Crippen LogP) is 4.60. The van der Waals surface area contributed by atoms with Crippen LogP contribution in [-0.4, -0.2) is 32.5 Å². The monoisotopic (exact) mass is 326 g/mol. The topological polar surface area (TPSA) is 52.6 Å². The maximum absolute atomic E-state index is 10.5. The van der Waals surface area contributed by atoms with E-state index in [1.165, 1.54) is 52.3 Å². The third-order valence-electron chi connectivity index (χ3n) is 3.69. The lowest BCUT2D eigenvalue weighted by molar-refractivity contribution is -0.147. The molecule has 0 unspecified atom stereocenters. The highest BCUT2D eigenvalue weighted by atomic mass is 16.5. The zero-order chi connectivity index (χ0) is 17.9. The fourth-order valence-corrected chi connectivity index (χ4v) is 2.70. The Morgan fingerprint density at radius 3 is 1.61 bits per heavy atom. The molecule has 0 N–H and O–H groups in total. The predicted molar refractivity (Wildman–Crippen MR) is 95.6 cm³/mol. The number of hydrogen-bond donors (Lipinski definition) is 0. The minimum atomic E-state index is -0.132. The fourth-order valence-electron chi connectivity index (χ4n) is 2.70. The van der Waals surface area contributed by atoms with Crippen molar-refractivity contribution in [1.82, 2.24) is 0 Å². The molecule has 0 aromatic heterocycles. The Morgan fingerprint density at radius 1 is 0.870 bits per heavy atom. The number of esters is 1. The van der Waals surface area contributed by atoms with Crippen molar-refractivity contribution in [3.05, 3.63) is 0 Å². The fraction of sp³-hybridized carbons (Fsp3) is 0.889. The Morgan fingerprint density at radius 2 is 1.26 bits per heavy atom. The van der Waals surface area contributed by atoms with Crippen LogP contribution >= 0.6 is 0 Å². The lowest BCUT2D eigenvalue weighted by atomic mass is 9.98. The lowest BCUT2D eigenvalue weighted by Gasteiger charge is -2.20. The molecular formula is C18H35BO4. The molecule has 134 valence electrons. The third-order valence-corrected chi connectivity index (χ3v) is 3.69. The summed E-state index contributed by atoms with van der Waals surface area (Å²) < 4.78 is 9.85. The molecule has 5 heteroatoms. The van der Waals surface area contributed by atoms with E-state index < -0.39 is 0 Å². The molecule has 0 aromatic carbocycles. The zero-order valence-electron chi connectivity index (χ0n) is 15.5. The maximum Gasteiger partial charge on any atom is 0.302 e. The number of ether oxygens (including phenoxy) is 2. The Bertz CT molecular complexity index is 260. The minimum Gasteiger partial charge on any atom is -0.465 e. The summed E-state index contributed by atoms with van der Waals surface area (Å²) in [6.45, 7) is 7.55. The maximum atomic E-state index is 10.5. The number of carbonyl (C=O) groups excluding carboxylic acids is 2. The highest BCUT2D eigenvalue weighted by Gasteiger charge is 2.15. The van der Waals surface area contributed by atoms with Crippen molar-refractivity contribution in [2.75, 3.05) is 0 Å². The summed E-state index contributed by atoms with van der Waals surface area (Å²) in [7, 11) is 4.50. The molecule has 0 spiro atoms. The molecule has 2 rings (SSSR count). The van der Waals surface area contributed by atoms with Gasteiger partial charge in [0.25, 0.3) is 6.47 Å². The Balaban J connectivity index is 0. The normalized spacial score (nSPS) is 17.7. The van der Waals surface area contributed by atoms with Gasteiger partial charge in [0.05, 0.1) is 7.85 Å². The van der Waals surface area contributed by atoms with Crippen molar-refractivity contribution < 1.29 is 19.1 Å². The second-order valence-corrected chi connectivity index (χ2v) is 5.36. The van der Waals surface area contributed by atoms with Crippen molar-refractivity contribution in [2.24, 2.45) is 0 Å². The summed E-state index contributed by atoms with van der Waals surface area (Å²) >= 11 is 0. The van der Waals surface area contributed by atoms with Crippen molar-refractivity contribution in [3.63, 3.8) is 0 Å². The zero-order valence-corrected chi connectivity index (χ0v) is 15.5. The van der Waals surface area contributed by atoms with Crippen LogP contribution in [-0.2, 0) is 19.1 Å². The van der Waals surface area contributed by atoms with Gasteiger partial charge in [0.15, 0.2) is 0 Å². The molecule has 0 bridgehead atoms. The van der Waals surface area contributed by atoms with Crippen LogP contribution in [0.15, 0.2) is 0 Å².